The van der Waals surface area contributed by atoms with E-state index >= 15 is 0 Å². The summed E-state index contributed by atoms with van der Waals surface area (Å²) < 4.78 is 18.5. The minimum Gasteiger partial charge on any atom is -0.461 e. The van der Waals surface area contributed by atoms with Crippen LogP contribution in [0.2, 0.25) is 0 Å². The maximum atomic E-state index is 13.9. The summed E-state index contributed by atoms with van der Waals surface area (Å²) in [5.74, 6) is -4.79. The molecular formula is C50H82O9. The first-order valence-corrected chi connectivity index (χ1v) is 24.0. The lowest BCUT2D eigenvalue weighted by Gasteiger charge is -2.53. The maximum Gasteiger partial charge on any atom is 0.306 e. The average Bonchev–Trinajstić information content (AvgIpc) is 3.61. The van der Waals surface area contributed by atoms with E-state index in [2.05, 4.69) is 13.8 Å². The zero-order valence-electron chi connectivity index (χ0n) is 38.2. The molecule has 4 aliphatic carbocycles. The van der Waals surface area contributed by atoms with Crippen molar-refractivity contribution in [3.8, 4) is 0 Å². The number of ether oxygens (including phenoxy) is 3. The van der Waals surface area contributed by atoms with Gasteiger partial charge in [-0.3, -0.25) is 19.2 Å². The fourth-order valence-corrected chi connectivity index (χ4v) is 11.3. The van der Waals surface area contributed by atoms with Gasteiger partial charge in [-0.15, -0.1) is 0 Å². The Hall–Kier alpha value is -2.52. The van der Waals surface area contributed by atoms with Crippen molar-refractivity contribution < 1.29 is 43.6 Å². The van der Waals surface area contributed by atoms with E-state index in [0.29, 0.717) is 24.0 Å². The Morgan fingerprint density at radius 3 is 1.64 bits per heavy atom. The molecule has 0 heterocycles. The Morgan fingerprint density at radius 2 is 1.17 bits per heavy atom. The molecule has 0 radical (unpaired) electrons. The van der Waals surface area contributed by atoms with Crippen molar-refractivity contribution in [2.75, 3.05) is 6.61 Å². The number of carbonyl (C=O) groups is 4. The van der Waals surface area contributed by atoms with Gasteiger partial charge in [0.05, 0.1) is 5.60 Å². The number of Topliss-reactive ketones (excluding diaryl/α,β-unsaturated/α-hetero) is 1. The highest BCUT2D eigenvalue weighted by molar-refractivity contribution is 6.04. The molecule has 0 unspecified atom stereocenters. The number of ketones is 1. The predicted molar refractivity (Wildman–Crippen MR) is 232 cm³/mol. The molecule has 9 nitrogen and oxygen atoms in total. The standard InChI is InChI=1S/C50H82O9/c1-8-10-12-14-16-18-20-22-24-26-28-30-42(52)58-46-37(4)49(56)40(33-39(35-57-38(5)51)34-48(55)41(49)32-36(3)45(48)54)44-47(6,7)50(44,46)59-43(53)31-29-27-25-23-21-19-17-15-13-11-9-2/h32-33,37,40-41,44,46,55-56H,8-31,34-35H2,1-7H3/t37-,40+,41-,44-,46-,48-,49-,50-/m1/s1. The van der Waals surface area contributed by atoms with Gasteiger partial charge in [-0.25, -0.2) is 0 Å². The van der Waals surface area contributed by atoms with Gasteiger partial charge in [0.2, 0.25) is 0 Å². The van der Waals surface area contributed by atoms with Crippen LogP contribution in [0.25, 0.3) is 0 Å². The van der Waals surface area contributed by atoms with E-state index in [4.69, 9.17) is 14.2 Å². The van der Waals surface area contributed by atoms with Crippen molar-refractivity contribution in [2.24, 2.45) is 29.1 Å². The zero-order chi connectivity index (χ0) is 43.3. The van der Waals surface area contributed by atoms with Crippen LogP contribution in [0.4, 0.5) is 0 Å². The molecule has 0 bridgehead atoms. The molecule has 336 valence electrons. The minimum absolute atomic E-state index is 0.120. The second-order valence-electron chi connectivity index (χ2n) is 19.5. The molecular weight excluding hydrogens is 745 g/mol. The maximum absolute atomic E-state index is 13.9. The zero-order valence-corrected chi connectivity index (χ0v) is 38.2. The van der Waals surface area contributed by atoms with E-state index in [-0.39, 0.29) is 31.8 Å². The number of esters is 3. The third-order valence-corrected chi connectivity index (χ3v) is 14.7. The molecule has 0 aromatic carbocycles. The van der Waals surface area contributed by atoms with Crippen LogP contribution in [0.15, 0.2) is 23.3 Å². The first-order valence-electron chi connectivity index (χ1n) is 24.0. The van der Waals surface area contributed by atoms with E-state index in [0.717, 1.165) is 38.5 Å². The summed E-state index contributed by atoms with van der Waals surface area (Å²) in [5, 5.41) is 25.5. The van der Waals surface area contributed by atoms with Gasteiger partial charge < -0.3 is 24.4 Å². The molecule has 8 atom stereocenters. The van der Waals surface area contributed by atoms with Gasteiger partial charge >= 0.3 is 17.9 Å². The fraction of sp³-hybridized carbons (Fsp3) is 0.840. The van der Waals surface area contributed by atoms with Gasteiger partial charge in [-0.1, -0.05) is 175 Å². The van der Waals surface area contributed by atoms with Crippen molar-refractivity contribution >= 4 is 23.7 Å². The molecule has 0 amide bonds. The summed E-state index contributed by atoms with van der Waals surface area (Å²) in [5.41, 5.74) is -4.85. The first-order chi connectivity index (χ1) is 28.1. The van der Waals surface area contributed by atoms with Crippen LogP contribution in [-0.2, 0) is 33.4 Å². The highest BCUT2D eigenvalue weighted by Crippen LogP contribution is 2.77. The molecule has 0 spiro atoms. The van der Waals surface area contributed by atoms with E-state index in [1.165, 1.54) is 96.8 Å². The lowest BCUT2D eigenvalue weighted by molar-refractivity contribution is -0.229. The van der Waals surface area contributed by atoms with Crippen LogP contribution in [0.5, 0.6) is 0 Å². The SMILES string of the molecule is CCCCCCCCCCCCCC(=O)O[C@@H]1[C@@H](C)[C@@]2(O)[C@@H](C=C(COC(C)=O)C[C@]3(O)C(=O)C(C)=C[C@@H]23)[C@@H]2C(C)(C)[C@]12OC(=O)CCCCCCCCCCCCC. The lowest BCUT2D eigenvalue weighted by Crippen LogP contribution is -2.66. The summed E-state index contributed by atoms with van der Waals surface area (Å²) in [7, 11) is 0. The molecule has 0 aromatic heterocycles. The molecule has 0 aliphatic heterocycles. The van der Waals surface area contributed by atoms with Crippen molar-refractivity contribution in [1.29, 1.82) is 0 Å². The average molecular weight is 827 g/mol. The third kappa shape index (κ3) is 11.5. The van der Waals surface area contributed by atoms with Crippen LogP contribution in [0.1, 0.15) is 209 Å². The van der Waals surface area contributed by atoms with Gasteiger partial charge in [0, 0.05) is 55.3 Å². The lowest BCUT2D eigenvalue weighted by atomic mass is 9.59. The predicted octanol–water partition coefficient (Wildman–Crippen LogP) is 11.0. The summed E-state index contributed by atoms with van der Waals surface area (Å²) in [6, 6.07) is 0. The second kappa shape index (κ2) is 22.5. The Labute approximate surface area is 357 Å². The minimum atomic E-state index is -1.98. The van der Waals surface area contributed by atoms with E-state index < -0.39 is 69.7 Å². The summed E-state index contributed by atoms with van der Waals surface area (Å²) in [6.07, 6.45) is 28.4. The molecule has 0 saturated heterocycles. The second-order valence-corrected chi connectivity index (χ2v) is 19.5. The molecule has 0 aromatic rings. The Kier molecular flexibility index (Phi) is 18.8. The molecule has 9 heteroatoms. The summed E-state index contributed by atoms with van der Waals surface area (Å²) in [4.78, 5) is 53.4. The van der Waals surface area contributed by atoms with Crippen LogP contribution < -0.4 is 0 Å². The number of unbranched alkanes of at least 4 members (excludes halogenated alkanes) is 20. The third-order valence-electron chi connectivity index (χ3n) is 14.7. The highest BCUT2D eigenvalue weighted by Gasteiger charge is 2.88. The molecule has 4 aliphatic rings. The van der Waals surface area contributed by atoms with E-state index in [9.17, 15) is 29.4 Å². The summed E-state index contributed by atoms with van der Waals surface area (Å²) in [6.45, 7) is 13.1. The molecule has 59 heavy (non-hydrogen) atoms. The largest absolute Gasteiger partial charge is 0.461 e. The number of aliphatic hydroxyl groups is 2. The molecule has 4 rings (SSSR count). The number of rotatable bonds is 28. The Morgan fingerprint density at radius 1 is 0.712 bits per heavy atom. The van der Waals surface area contributed by atoms with Gasteiger partial charge in [0.1, 0.15) is 18.3 Å². The van der Waals surface area contributed by atoms with Gasteiger partial charge in [0.15, 0.2) is 11.4 Å². The number of hydrogen-bond acceptors (Lipinski definition) is 9. The normalized spacial score (nSPS) is 30.3. The first kappa shape index (κ1) is 49.1. The van der Waals surface area contributed by atoms with Crippen LogP contribution >= 0.6 is 0 Å². The topological polar surface area (TPSA) is 136 Å². The van der Waals surface area contributed by atoms with E-state index in [1.807, 2.05) is 19.9 Å². The Balaban J connectivity index is 1.50. The van der Waals surface area contributed by atoms with Crippen LogP contribution in [-0.4, -0.2) is 63.4 Å². The van der Waals surface area contributed by atoms with Gasteiger partial charge in [0.25, 0.3) is 0 Å². The monoisotopic (exact) mass is 827 g/mol. The smallest absolute Gasteiger partial charge is 0.306 e. The van der Waals surface area contributed by atoms with Crippen molar-refractivity contribution in [3.05, 3.63) is 23.3 Å². The molecule has 2 saturated carbocycles. The van der Waals surface area contributed by atoms with Crippen molar-refractivity contribution in [1.82, 2.24) is 0 Å². The molecule has 2 fully saturated rings. The van der Waals surface area contributed by atoms with Gasteiger partial charge in [-0.05, 0) is 30.9 Å². The number of carbonyl (C=O) groups excluding carboxylic acids is 4. The van der Waals surface area contributed by atoms with Crippen molar-refractivity contribution in [3.63, 3.8) is 0 Å². The van der Waals surface area contributed by atoms with Gasteiger partial charge in [-0.2, -0.15) is 0 Å². The van der Waals surface area contributed by atoms with Crippen LogP contribution in [0.3, 0.4) is 0 Å². The molecule has 2 N–H and O–H groups in total. The quantitative estimate of drug-likeness (QED) is 0.0342. The Bertz CT molecular complexity index is 1460. The summed E-state index contributed by atoms with van der Waals surface area (Å²) >= 11 is 0. The number of fused-ring (bicyclic) bond motifs is 5. The number of hydrogen-bond donors (Lipinski definition) is 2. The van der Waals surface area contributed by atoms with E-state index in [1.54, 1.807) is 19.9 Å². The van der Waals surface area contributed by atoms with Crippen LogP contribution in [0, 0.1) is 29.1 Å². The van der Waals surface area contributed by atoms with Crippen molar-refractivity contribution in [2.45, 2.75) is 232 Å². The fourth-order valence-electron chi connectivity index (χ4n) is 11.3. The highest BCUT2D eigenvalue weighted by atomic mass is 16.6.